The molecule has 8 nitrogen and oxygen atoms in total. The Morgan fingerprint density at radius 3 is 2.33 bits per heavy atom. The van der Waals surface area contributed by atoms with E-state index in [0.29, 0.717) is 11.8 Å². The van der Waals surface area contributed by atoms with Gasteiger partial charge < -0.3 is 19.4 Å². The largest absolute Gasteiger partial charge is 0.383 e. The van der Waals surface area contributed by atoms with Crippen molar-refractivity contribution in [1.29, 1.82) is 0 Å². The normalized spacial score (nSPS) is 19.3. The SMILES string of the molecule is COCCN1CCN(c2ccc(-c3cc4c(N5CCN(C(=O)C6CC6)CC5)ccnn4c3)cc2)CC1. The minimum atomic E-state index is 0.300. The number of benzene rings is 1. The number of aromatic nitrogens is 2. The van der Waals surface area contributed by atoms with Crippen LogP contribution in [0.3, 0.4) is 0 Å². The molecule has 190 valence electrons. The first-order valence-electron chi connectivity index (χ1n) is 13.3. The van der Waals surface area contributed by atoms with Crippen LogP contribution in [0.1, 0.15) is 12.8 Å². The summed E-state index contributed by atoms with van der Waals surface area (Å²) in [5.74, 6) is 0.658. The van der Waals surface area contributed by atoms with Crippen LogP contribution < -0.4 is 9.80 Å². The second kappa shape index (κ2) is 10.1. The Balaban J connectivity index is 1.13. The van der Waals surface area contributed by atoms with Crippen LogP contribution in [0.25, 0.3) is 16.6 Å². The van der Waals surface area contributed by atoms with Crippen molar-refractivity contribution < 1.29 is 9.53 Å². The number of carbonyl (C=O) groups is 1. The van der Waals surface area contributed by atoms with E-state index in [0.717, 1.165) is 83.9 Å². The molecule has 2 saturated heterocycles. The molecule has 0 unspecified atom stereocenters. The molecule has 36 heavy (non-hydrogen) atoms. The van der Waals surface area contributed by atoms with Gasteiger partial charge in [0.15, 0.2) is 0 Å². The lowest BCUT2D eigenvalue weighted by molar-refractivity contribution is -0.132. The molecule has 0 atom stereocenters. The maximum Gasteiger partial charge on any atom is 0.225 e. The number of amides is 1. The van der Waals surface area contributed by atoms with E-state index in [2.05, 4.69) is 67.3 Å². The van der Waals surface area contributed by atoms with Gasteiger partial charge in [-0.05, 0) is 42.7 Å². The molecule has 1 aromatic carbocycles. The topological polar surface area (TPSA) is 56.6 Å². The van der Waals surface area contributed by atoms with Gasteiger partial charge in [0, 0.05) is 95.6 Å². The molecular formula is C28H36N6O2. The Bertz CT molecular complexity index is 1190. The van der Waals surface area contributed by atoms with Crippen molar-refractivity contribution >= 4 is 22.8 Å². The highest BCUT2D eigenvalue weighted by Crippen LogP contribution is 2.33. The number of anilines is 2. The summed E-state index contributed by atoms with van der Waals surface area (Å²) in [7, 11) is 1.77. The number of hydrogen-bond donors (Lipinski definition) is 0. The van der Waals surface area contributed by atoms with Crippen LogP contribution in [-0.4, -0.2) is 97.9 Å². The van der Waals surface area contributed by atoms with Gasteiger partial charge in [-0.15, -0.1) is 0 Å². The number of hydrogen-bond acceptors (Lipinski definition) is 6. The van der Waals surface area contributed by atoms with Crippen LogP contribution in [0.15, 0.2) is 48.8 Å². The van der Waals surface area contributed by atoms with Gasteiger partial charge in [0.25, 0.3) is 0 Å². The van der Waals surface area contributed by atoms with Crippen LogP contribution >= 0.6 is 0 Å². The molecule has 1 amide bonds. The lowest BCUT2D eigenvalue weighted by Gasteiger charge is -2.36. The Morgan fingerprint density at radius 1 is 0.917 bits per heavy atom. The average molecular weight is 489 g/mol. The van der Waals surface area contributed by atoms with Crippen molar-refractivity contribution in [1.82, 2.24) is 19.4 Å². The van der Waals surface area contributed by atoms with Gasteiger partial charge in [0.2, 0.25) is 5.91 Å². The second-order valence-corrected chi connectivity index (χ2v) is 10.2. The molecule has 2 aliphatic heterocycles. The van der Waals surface area contributed by atoms with Crippen molar-refractivity contribution in [3.8, 4) is 11.1 Å². The molecule has 1 saturated carbocycles. The first-order valence-corrected chi connectivity index (χ1v) is 13.3. The van der Waals surface area contributed by atoms with Gasteiger partial charge in [0.1, 0.15) is 0 Å². The lowest BCUT2D eigenvalue weighted by Crippen LogP contribution is -2.49. The number of fused-ring (bicyclic) bond motifs is 1. The smallest absolute Gasteiger partial charge is 0.225 e. The van der Waals surface area contributed by atoms with E-state index < -0.39 is 0 Å². The third-order valence-corrected chi connectivity index (χ3v) is 7.89. The van der Waals surface area contributed by atoms with Crippen LogP contribution in [0.4, 0.5) is 11.4 Å². The third kappa shape index (κ3) is 4.80. The number of nitrogens with zero attached hydrogens (tertiary/aromatic N) is 6. The van der Waals surface area contributed by atoms with Crippen LogP contribution in [0, 0.1) is 5.92 Å². The summed E-state index contributed by atoms with van der Waals surface area (Å²) >= 11 is 0. The number of carbonyl (C=O) groups excluding carboxylic acids is 1. The van der Waals surface area contributed by atoms with Gasteiger partial charge in [0.05, 0.1) is 17.8 Å². The van der Waals surface area contributed by atoms with Crippen LogP contribution in [0.5, 0.6) is 0 Å². The highest BCUT2D eigenvalue weighted by molar-refractivity contribution is 5.82. The molecule has 3 aliphatic rings. The summed E-state index contributed by atoms with van der Waals surface area (Å²) in [6.07, 6.45) is 6.14. The summed E-state index contributed by atoms with van der Waals surface area (Å²) in [5.41, 5.74) is 5.97. The maximum absolute atomic E-state index is 12.4. The van der Waals surface area contributed by atoms with Crippen molar-refractivity contribution in [3.05, 3.63) is 48.8 Å². The van der Waals surface area contributed by atoms with Crippen molar-refractivity contribution in [2.75, 3.05) is 82.4 Å². The van der Waals surface area contributed by atoms with E-state index >= 15 is 0 Å². The molecule has 2 aromatic heterocycles. The van der Waals surface area contributed by atoms with Crippen LogP contribution in [0.2, 0.25) is 0 Å². The maximum atomic E-state index is 12.4. The predicted molar refractivity (Wildman–Crippen MR) is 143 cm³/mol. The number of ether oxygens (including phenoxy) is 1. The van der Waals surface area contributed by atoms with Crippen LogP contribution in [-0.2, 0) is 9.53 Å². The summed E-state index contributed by atoms with van der Waals surface area (Å²) < 4.78 is 7.20. The summed E-state index contributed by atoms with van der Waals surface area (Å²) in [5, 5.41) is 4.58. The highest BCUT2D eigenvalue weighted by atomic mass is 16.5. The van der Waals surface area contributed by atoms with Crippen molar-refractivity contribution in [3.63, 3.8) is 0 Å². The van der Waals surface area contributed by atoms with E-state index in [1.807, 2.05) is 10.7 Å². The molecular weight excluding hydrogens is 452 g/mol. The fraction of sp³-hybridized carbons (Fsp3) is 0.500. The monoisotopic (exact) mass is 488 g/mol. The van der Waals surface area contributed by atoms with E-state index in [1.165, 1.54) is 22.5 Å². The highest BCUT2D eigenvalue weighted by Gasteiger charge is 2.34. The molecule has 0 radical (unpaired) electrons. The zero-order chi connectivity index (χ0) is 24.5. The summed E-state index contributed by atoms with van der Waals surface area (Å²) in [4.78, 5) is 21.8. The average Bonchev–Trinajstić information content (AvgIpc) is 3.69. The predicted octanol–water partition coefficient (Wildman–Crippen LogP) is 2.83. The lowest BCUT2D eigenvalue weighted by atomic mass is 10.1. The molecule has 1 aliphatic carbocycles. The van der Waals surface area contributed by atoms with Crippen molar-refractivity contribution in [2.24, 2.45) is 5.92 Å². The Hall–Kier alpha value is -3.10. The van der Waals surface area contributed by atoms with E-state index in [-0.39, 0.29) is 0 Å². The fourth-order valence-corrected chi connectivity index (χ4v) is 5.50. The molecule has 6 rings (SSSR count). The minimum absolute atomic E-state index is 0.300. The molecule has 3 fully saturated rings. The Morgan fingerprint density at radius 2 is 1.64 bits per heavy atom. The quantitative estimate of drug-likeness (QED) is 0.510. The molecule has 0 spiro atoms. The van der Waals surface area contributed by atoms with Gasteiger partial charge >= 0.3 is 0 Å². The summed E-state index contributed by atoms with van der Waals surface area (Å²) in [6.45, 7) is 9.40. The minimum Gasteiger partial charge on any atom is -0.383 e. The second-order valence-electron chi connectivity index (χ2n) is 10.2. The molecule has 8 heteroatoms. The van der Waals surface area contributed by atoms with Crippen molar-refractivity contribution in [2.45, 2.75) is 12.8 Å². The standard InChI is InChI=1S/C28H36N6O2/c1-36-19-18-30-10-12-31(13-11-30)25-6-4-22(5-7-25)24-20-27-26(8-9-29-34(27)21-24)32-14-16-33(17-15-32)28(35)23-2-3-23/h4-9,20-21,23H,2-3,10-19H2,1H3. The summed E-state index contributed by atoms with van der Waals surface area (Å²) in [6, 6.07) is 13.3. The van der Waals surface area contributed by atoms with Gasteiger partial charge in [-0.25, -0.2) is 4.52 Å². The fourth-order valence-electron chi connectivity index (χ4n) is 5.50. The Labute approximate surface area is 213 Å². The molecule has 3 aromatic rings. The van der Waals surface area contributed by atoms with E-state index in [9.17, 15) is 4.79 Å². The van der Waals surface area contributed by atoms with E-state index in [1.54, 1.807) is 7.11 Å². The van der Waals surface area contributed by atoms with Gasteiger partial charge in [-0.2, -0.15) is 5.10 Å². The zero-order valence-corrected chi connectivity index (χ0v) is 21.2. The first kappa shape index (κ1) is 23.3. The number of rotatable bonds is 7. The molecule has 0 N–H and O–H groups in total. The number of piperazine rings is 2. The zero-order valence-electron chi connectivity index (χ0n) is 21.2. The first-order chi connectivity index (χ1) is 17.7. The number of methoxy groups -OCH3 is 1. The third-order valence-electron chi connectivity index (χ3n) is 7.89. The van der Waals surface area contributed by atoms with Gasteiger partial charge in [-0.1, -0.05) is 12.1 Å². The molecule has 4 heterocycles. The Kier molecular flexibility index (Phi) is 6.54. The molecule has 0 bridgehead atoms. The van der Waals surface area contributed by atoms with E-state index in [4.69, 9.17) is 4.74 Å². The van der Waals surface area contributed by atoms with Gasteiger partial charge in [-0.3, -0.25) is 9.69 Å².